The summed E-state index contributed by atoms with van der Waals surface area (Å²) in [6.45, 7) is -0.313. The fourth-order valence-corrected chi connectivity index (χ4v) is 2.67. The average molecular weight is 263 g/mol. The van der Waals surface area contributed by atoms with Crippen molar-refractivity contribution in [1.82, 2.24) is 14.8 Å². The van der Waals surface area contributed by atoms with Crippen molar-refractivity contribution in [2.24, 2.45) is 13.0 Å². The number of rotatable bonds is 2. The predicted molar refractivity (Wildman–Crippen MR) is 57.7 cm³/mol. The fraction of sp³-hybridized carbons (Fsp3) is 0.818. The minimum Gasteiger partial charge on any atom is -0.388 e. The Morgan fingerprint density at radius 3 is 2.50 bits per heavy atom. The highest BCUT2D eigenvalue weighted by Gasteiger charge is 2.47. The molecule has 0 amide bonds. The number of aliphatic hydroxyl groups is 1. The van der Waals surface area contributed by atoms with Gasteiger partial charge in [-0.05, 0) is 12.8 Å². The maximum atomic E-state index is 13.0. The summed E-state index contributed by atoms with van der Waals surface area (Å²) in [5.74, 6) is -1.35. The molecule has 102 valence electrons. The molecular formula is C11H16F3N3O. The molecule has 1 heterocycles. The average Bonchev–Trinajstić information content (AvgIpc) is 2.69. The van der Waals surface area contributed by atoms with Crippen LogP contribution in [0.4, 0.5) is 13.2 Å². The second kappa shape index (κ2) is 4.87. The van der Waals surface area contributed by atoms with Crippen LogP contribution >= 0.6 is 0 Å². The zero-order chi connectivity index (χ0) is 13.3. The summed E-state index contributed by atoms with van der Waals surface area (Å²) >= 11 is 0. The number of aliphatic hydroxyl groups excluding tert-OH is 1. The van der Waals surface area contributed by atoms with Crippen LogP contribution in [0.5, 0.6) is 0 Å². The molecular weight excluding hydrogens is 247 g/mol. The van der Waals surface area contributed by atoms with Gasteiger partial charge in [0.15, 0.2) is 5.82 Å². The van der Waals surface area contributed by atoms with E-state index in [0.29, 0.717) is 24.5 Å². The van der Waals surface area contributed by atoms with Gasteiger partial charge < -0.3 is 9.67 Å². The van der Waals surface area contributed by atoms with Gasteiger partial charge in [0.1, 0.15) is 12.4 Å². The Kier molecular flexibility index (Phi) is 3.61. The fourth-order valence-electron chi connectivity index (χ4n) is 2.67. The monoisotopic (exact) mass is 263 g/mol. The molecule has 1 aliphatic carbocycles. The molecule has 0 saturated heterocycles. The lowest BCUT2D eigenvalue weighted by molar-refractivity contribution is -0.188. The van der Waals surface area contributed by atoms with Crippen molar-refractivity contribution >= 4 is 0 Å². The second-order valence-corrected chi connectivity index (χ2v) is 4.73. The summed E-state index contributed by atoms with van der Waals surface area (Å²) in [4.78, 5) is 0. The number of aromatic nitrogens is 3. The number of halogens is 3. The molecule has 18 heavy (non-hydrogen) atoms. The third-order valence-corrected chi connectivity index (χ3v) is 3.66. The molecule has 0 aliphatic heterocycles. The molecule has 0 radical (unpaired) electrons. The molecule has 2 unspecified atom stereocenters. The van der Waals surface area contributed by atoms with E-state index in [-0.39, 0.29) is 13.0 Å². The van der Waals surface area contributed by atoms with Crippen LogP contribution in [0.2, 0.25) is 0 Å². The molecule has 4 nitrogen and oxygen atoms in total. The Bertz CT molecular complexity index is 416. The van der Waals surface area contributed by atoms with Gasteiger partial charge in [-0.15, -0.1) is 10.2 Å². The van der Waals surface area contributed by atoms with Crippen molar-refractivity contribution in [3.8, 4) is 0 Å². The van der Waals surface area contributed by atoms with Gasteiger partial charge >= 0.3 is 6.18 Å². The van der Waals surface area contributed by atoms with E-state index in [1.165, 1.54) is 4.57 Å². The molecule has 2 rings (SSSR count). The Balaban J connectivity index is 2.31. The number of nitrogens with zero attached hydrogens (tertiary/aromatic N) is 3. The van der Waals surface area contributed by atoms with Crippen LogP contribution in [0.3, 0.4) is 0 Å². The summed E-state index contributed by atoms with van der Waals surface area (Å²) in [6.07, 6.45) is -2.20. The summed E-state index contributed by atoms with van der Waals surface area (Å²) in [5, 5.41) is 16.6. The summed E-state index contributed by atoms with van der Waals surface area (Å²) in [7, 11) is 1.60. The first-order valence-electron chi connectivity index (χ1n) is 6.01. The highest BCUT2D eigenvalue weighted by Crippen LogP contribution is 2.45. The van der Waals surface area contributed by atoms with E-state index in [1.54, 1.807) is 7.05 Å². The van der Waals surface area contributed by atoms with Crippen LogP contribution < -0.4 is 0 Å². The van der Waals surface area contributed by atoms with Gasteiger partial charge in [0.05, 0.1) is 5.92 Å². The Labute approximate surface area is 103 Å². The van der Waals surface area contributed by atoms with Gasteiger partial charge in [0, 0.05) is 13.0 Å². The van der Waals surface area contributed by atoms with Crippen LogP contribution in [0.15, 0.2) is 0 Å². The van der Waals surface area contributed by atoms with E-state index in [0.717, 1.165) is 6.42 Å². The second-order valence-electron chi connectivity index (χ2n) is 4.73. The van der Waals surface area contributed by atoms with Crippen molar-refractivity contribution in [3.63, 3.8) is 0 Å². The molecule has 1 aromatic rings. The van der Waals surface area contributed by atoms with Crippen LogP contribution in [-0.2, 0) is 13.7 Å². The predicted octanol–water partition coefficient (Wildman–Crippen LogP) is 2.14. The largest absolute Gasteiger partial charge is 0.392 e. The summed E-state index contributed by atoms with van der Waals surface area (Å²) < 4.78 is 40.5. The molecule has 2 atom stereocenters. The Morgan fingerprint density at radius 1 is 1.28 bits per heavy atom. The van der Waals surface area contributed by atoms with Crippen LogP contribution in [0.1, 0.15) is 43.3 Å². The van der Waals surface area contributed by atoms with Gasteiger partial charge in [-0.1, -0.05) is 12.8 Å². The van der Waals surface area contributed by atoms with E-state index in [4.69, 9.17) is 5.11 Å². The van der Waals surface area contributed by atoms with Gasteiger partial charge in [0.25, 0.3) is 0 Å². The van der Waals surface area contributed by atoms with Crippen LogP contribution in [0.25, 0.3) is 0 Å². The smallest absolute Gasteiger partial charge is 0.388 e. The Morgan fingerprint density at radius 2 is 1.94 bits per heavy atom. The topological polar surface area (TPSA) is 50.9 Å². The van der Waals surface area contributed by atoms with Crippen LogP contribution in [0, 0.1) is 5.92 Å². The molecule has 1 aromatic heterocycles. The van der Waals surface area contributed by atoms with E-state index >= 15 is 0 Å². The molecule has 0 spiro atoms. The standard InChI is InChI=1S/C11H16F3N3O/c1-17-9(6-18)15-16-10(17)7-4-2-3-5-8(7)11(12,13)14/h7-8,18H,2-6H2,1H3. The first kappa shape index (κ1) is 13.3. The first-order valence-corrected chi connectivity index (χ1v) is 6.01. The SMILES string of the molecule is Cn1c(CO)nnc1C1CCCCC1C(F)(F)F. The Hall–Kier alpha value is -1.11. The lowest BCUT2D eigenvalue weighted by atomic mass is 9.78. The lowest BCUT2D eigenvalue weighted by Gasteiger charge is -2.32. The van der Waals surface area contributed by atoms with Crippen molar-refractivity contribution in [1.29, 1.82) is 0 Å². The quantitative estimate of drug-likeness (QED) is 0.889. The highest BCUT2D eigenvalue weighted by atomic mass is 19.4. The third kappa shape index (κ3) is 2.36. The third-order valence-electron chi connectivity index (χ3n) is 3.66. The zero-order valence-corrected chi connectivity index (χ0v) is 10.1. The van der Waals surface area contributed by atoms with E-state index in [9.17, 15) is 13.2 Å². The van der Waals surface area contributed by atoms with Crippen molar-refractivity contribution in [2.45, 2.75) is 44.4 Å². The molecule has 1 aliphatic rings. The lowest BCUT2D eigenvalue weighted by Crippen LogP contribution is -2.33. The maximum Gasteiger partial charge on any atom is 0.392 e. The first-order chi connectivity index (χ1) is 8.45. The molecule has 1 saturated carbocycles. The minimum absolute atomic E-state index is 0.148. The van der Waals surface area contributed by atoms with Crippen molar-refractivity contribution < 1.29 is 18.3 Å². The normalized spacial score (nSPS) is 25.4. The number of hydrogen-bond acceptors (Lipinski definition) is 3. The van der Waals surface area contributed by atoms with Crippen molar-refractivity contribution in [3.05, 3.63) is 11.6 Å². The van der Waals surface area contributed by atoms with Crippen molar-refractivity contribution in [2.75, 3.05) is 0 Å². The number of hydrogen-bond donors (Lipinski definition) is 1. The maximum absolute atomic E-state index is 13.0. The molecule has 1 fully saturated rings. The molecule has 0 aromatic carbocycles. The van der Waals surface area contributed by atoms with Gasteiger partial charge in [-0.25, -0.2) is 0 Å². The highest BCUT2D eigenvalue weighted by molar-refractivity contribution is 5.05. The summed E-state index contributed by atoms with van der Waals surface area (Å²) in [6, 6.07) is 0. The van der Waals surface area contributed by atoms with Gasteiger partial charge in [-0.3, -0.25) is 0 Å². The molecule has 0 bridgehead atoms. The van der Waals surface area contributed by atoms with E-state index in [1.807, 2.05) is 0 Å². The summed E-state index contributed by atoms with van der Waals surface area (Å²) in [5.41, 5.74) is 0. The van der Waals surface area contributed by atoms with Gasteiger partial charge in [-0.2, -0.15) is 13.2 Å². The molecule has 1 N–H and O–H groups in total. The van der Waals surface area contributed by atoms with E-state index in [2.05, 4.69) is 10.2 Å². The number of alkyl halides is 3. The molecule has 7 heteroatoms. The zero-order valence-electron chi connectivity index (χ0n) is 10.1. The minimum atomic E-state index is -4.20. The van der Waals surface area contributed by atoms with Crippen LogP contribution in [-0.4, -0.2) is 26.0 Å². The van der Waals surface area contributed by atoms with Gasteiger partial charge in [0.2, 0.25) is 0 Å². The van der Waals surface area contributed by atoms with E-state index < -0.39 is 18.0 Å².